The molecule has 0 unspecified atom stereocenters. The molecule has 0 aliphatic carbocycles. The summed E-state index contributed by atoms with van der Waals surface area (Å²) in [5, 5.41) is 3.48. The first-order valence-electron chi connectivity index (χ1n) is 5.36. The van der Waals surface area contributed by atoms with E-state index in [0.29, 0.717) is 0 Å². The van der Waals surface area contributed by atoms with Crippen molar-refractivity contribution in [2.45, 2.75) is 16.6 Å². The Bertz CT molecular complexity index is 626. The van der Waals surface area contributed by atoms with Crippen LogP contribution in [0.3, 0.4) is 0 Å². The molecule has 0 saturated carbocycles. The van der Waals surface area contributed by atoms with Crippen LogP contribution in [0.2, 0.25) is 0 Å². The van der Waals surface area contributed by atoms with Crippen molar-refractivity contribution in [2.75, 3.05) is 0 Å². The SMILES string of the molecule is FC(F)(F)c1cccc(OCc2noc(C(Cl)(Cl)Cl)n2)c1. The first-order valence-corrected chi connectivity index (χ1v) is 6.49. The highest BCUT2D eigenvalue weighted by atomic mass is 35.6. The number of alkyl halides is 6. The predicted molar refractivity (Wildman–Crippen MR) is 69.3 cm³/mol. The Morgan fingerprint density at radius 1 is 1.19 bits per heavy atom. The van der Waals surface area contributed by atoms with E-state index in [-0.39, 0.29) is 24.1 Å². The van der Waals surface area contributed by atoms with E-state index in [9.17, 15) is 13.2 Å². The molecule has 1 heterocycles. The zero-order chi connectivity index (χ0) is 15.7. The smallest absolute Gasteiger partial charge is 0.416 e. The van der Waals surface area contributed by atoms with E-state index < -0.39 is 15.5 Å². The van der Waals surface area contributed by atoms with Crippen LogP contribution in [0.4, 0.5) is 13.2 Å². The highest BCUT2D eigenvalue weighted by molar-refractivity contribution is 6.66. The fourth-order valence-corrected chi connectivity index (χ4v) is 1.57. The molecule has 2 rings (SSSR count). The molecule has 0 radical (unpaired) electrons. The van der Waals surface area contributed by atoms with Gasteiger partial charge in [0.2, 0.25) is 5.82 Å². The summed E-state index contributed by atoms with van der Waals surface area (Å²) in [6.07, 6.45) is -4.45. The summed E-state index contributed by atoms with van der Waals surface area (Å²) >= 11 is 16.6. The standard InChI is InChI=1S/C11H6Cl3F3N2O2/c12-10(13,14)9-18-8(19-21-9)5-20-7-3-1-2-6(4-7)11(15,16)17/h1-4H,5H2. The maximum atomic E-state index is 12.5. The molecular formula is C11H6Cl3F3N2O2. The number of rotatable bonds is 3. The summed E-state index contributed by atoms with van der Waals surface area (Å²) in [6, 6.07) is 4.38. The normalized spacial score (nSPS) is 12.5. The summed E-state index contributed by atoms with van der Waals surface area (Å²) in [7, 11) is 0. The molecule has 114 valence electrons. The van der Waals surface area contributed by atoms with Gasteiger partial charge in [0.15, 0.2) is 6.61 Å². The summed E-state index contributed by atoms with van der Waals surface area (Å²) in [6.45, 7) is -0.231. The van der Waals surface area contributed by atoms with Gasteiger partial charge in [0.1, 0.15) is 5.75 Å². The Balaban J connectivity index is 2.05. The zero-order valence-corrected chi connectivity index (χ0v) is 12.3. The maximum Gasteiger partial charge on any atom is 0.416 e. The van der Waals surface area contributed by atoms with Gasteiger partial charge >= 0.3 is 6.18 Å². The number of hydrogen-bond donors (Lipinski definition) is 0. The van der Waals surface area contributed by atoms with Crippen molar-refractivity contribution in [1.82, 2.24) is 10.1 Å². The van der Waals surface area contributed by atoms with Crippen molar-refractivity contribution < 1.29 is 22.4 Å². The van der Waals surface area contributed by atoms with Gasteiger partial charge < -0.3 is 9.26 Å². The van der Waals surface area contributed by atoms with Crippen molar-refractivity contribution in [3.05, 3.63) is 41.5 Å². The van der Waals surface area contributed by atoms with Crippen LogP contribution in [0.1, 0.15) is 17.3 Å². The van der Waals surface area contributed by atoms with E-state index in [1.165, 1.54) is 12.1 Å². The van der Waals surface area contributed by atoms with Crippen LogP contribution in [-0.4, -0.2) is 10.1 Å². The van der Waals surface area contributed by atoms with E-state index in [1.54, 1.807) is 0 Å². The predicted octanol–water partition coefficient (Wildman–Crippen LogP) is 4.49. The third kappa shape index (κ3) is 4.39. The molecule has 0 spiro atoms. The quantitative estimate of drug-likeness (QED) is 0.756. The molecule has 0 fully saturated rings. The molecule has 1 aromatic heterocycles. The molecular weight excluding hydrogens is 355 g/mol. The Morgan fingerprint density at radius 2 is 1.90 bits per heavy atom. The maximum absolute atomic E-state index is 12.5. The third-order valence-corrected chi connectivity index (χ3v) is 2.72. The lowest BCUT2D eigenvalue weighted by Gasteiger charge is -2.08. The van der Waals surface area contributed by atoms with E-state index in [4.69, 9.17) is 39.5 Å². The van der Waals surface area contributed by atoms with Crippen LogP contribution in [0.15, 0.2) is 28.8 Å². The first kappa shape index (κ1) is 16.2. The lowest BCUT2D eigenvalue weighted by atomic mass is 10.2. The number of aromatic nitrogens is 2. The van der Waals surface area contributed by atoms with E-state index >= 15 is 0 Å². The van der Waals surface area contributed by atoms with Crippen LogP contribution < -0.4 is 4.74 Å². The molecule has 21 heavy (non-hydrogen) atoms. The topological polar surface area (TPSA) is 48.2 Å². The minimum Gasteiger partial charge on any atom is -0.485 e. The lowest BCUT2D eigenvalue weighted by Crippen LogP contribution is -2.05. The summed E-state index contributed by atoms with van der Waals surface area (Å²) in [5.74, 6) is -0.214. The van der Waals surface area contributed by atoms with Gasteiger partial charge in [-0.15, -0.1) is 0 Å². The second kappa shape index (κ2) is 5.90. The average Bonchev–Trinajstić information content (AvgIpc) is 2.84. The van der Waals surface area contributed by atoms with Gasteiger partial charge in [-0.1, -0.05) is 46.0 Å². The number of halogens is 6. The first-order chi connectivity index (χ1) is 9.66. The third-order valence-electron chi connectivity index (χ3n) is 2.24. The molecule has 0 amide bonds. The Labute approximate surface area is 131 Å². The summed E-state index contributed by atoms with van der Waals surface area (Å²) in [4.78, 5) is 3.75. The molecule has 2 aromatic rings. The molecule has 0 N–H and O–H groups in total. The van der Waals surface area contributed by atoms with Gasteiger partial charge in [-0.3, -0.25) is 0 Å². The van der Waals surface area contributed by atoms with Crippen molar-refractivity contribution >= 4 is 34.8 Å². The molecule has 0 aliphatic rings. The molecule has 4 nitrogen and oxygen atoms in total. The minimum absolute atomic E-state index is 0.00468. The number of benzene rings is 1. The fourth-order valence-electron chi connectivity index (χ4n) is 1.34. The molecule has 0 bridgehead atoms. The van der Waals surface area contributed by atoms with E-state index in [0.717, 1.165) is 12.1 Å². The molecule has 0 atom stereocenters. The van der Waals surface area contributed by atoms with Crippen LogP contribution in [0.25, 0.3) is 0 Å². The molecule has 10 heteroatoms. The Hall–Kier alpha value is -1.18. The second-order valence-electron chi connectivity index (χ2n) is 3.83. The van der Waals surface area contributed by atoms with Gasteiger partial charge in [0, 0.05) is 0 Å². The van der Waals surface area contributed by atoms with Crippen molar-refractivity contribution in [1.29, 1.82) is 0 Å². The highest BCUT2D eigenvalue weighted by Gasteiger charge is 2.31. The van der Waals surface area contributed by atoms with Gasteiger partial charge in [-0.05, 0) is 18.2 Å². The monoisotopic (exact) mass is 360 g/mol. The van der Waals surface area contributed by atoms with Crippen LogP contribution >= 0.6 is 34.8 Å². The van der Waals surface area contributed by atoms with Gasteiger partial charge in [0.25, 0.3) is 9.68 Å². The van der Waals surface area contributed by atoms with Crippen LogP contribution in [0.5, 0.6) is 5.75 Å². The van der Waals surface area contributed by atoms with Gasteiger partial charge in [-0.25, -0.2) is 0 Å². The molecule has 1 aromatic carbocycles. The van der Waals surface area contributed by atoms with Crippen molar-refractivity contribution in [2.24, 2.45) is 0 Å². The largest absolute Gasteiger partial charge is 0.485 e. The molecule has 0 aliphatic heterocycles. The number of hydrogen-bond acceptors (Lipinski definition) is 4. The van der Waals surface area contributed by atoms with E-state index in [1.807, 2.05) is 0 Å². The van der Waals surface area contributed by atoms with Gasteiger partial charge in [-0.2, -0.15) is 18.2 Å². The second-order valence-corrected chi connectivity index (χ2v) is 6.11. The highest BCUT2D eigenvalue weighted by Crippen LogP contribution is 2.37. The van der Waals surface area contributed by atoms with Crippen molar-refractivity contribution in [3.8, 4) is 5.75 Å². The Kier molecular flexibility index (Phi) is 4.55. The number of ether oxygens (including phenoxy) is 1. The lowest BCUT2D eigenvalue weighted by molar-refractivity contribution is -0.137. The summed E-state index contributed by atoms with van der Waals surface area (Å²) < 4.78 is 45.5. The number of nitrogens with zero attached hydrogens (tertiary/aromatic N) is 2. The van der Waals surface area contributed by atoms with E-state index in [2.05, 4.69) is 14.7 Å². The van der Waals surface area contributed by atoms with Crippen LogP contribution in [0, 0.1) is 0 Å². The van der Waals surface area contributed by atoms with Gasteiger partial charge in [0.05, 0.1) is 5.56 Å². The summed E-state index contributed by atoms with van der Waals surface area (Å²) in [5.41, 5.74) is -0.824. The Morgan fingerprint density at radius 3 is 2.48 bits per heavy atom. The average molecular weight is 362 g/mol. The van der Waals surface area contributed by atoms with Crippen LogP contribution in [-0.2, 0) is 16.6 Å². The minimum atomic E-state index is -4.45. The zero-order valence-electron chi connectivity index (χ0n) is 10.00. The fraction of sp³-hybridized carbons (Fsp3) is 0.273. The van der Waals surface area contributed by atoms with Crippen molar-refractivity contribution in [3.63, 3.8) is 0 Å². The molecule has 0 saturated heterocycles.